The summed E-state index contributed by atoms with van der Waals surface area (Å²) in [4.78, 5) is 21.3. The third-order valence-corrected chi connectivity index (χ3v) is 6.36. The van der Waals surface area contributed by atoms with Gasteiger partial charge in [0, 0.05) is 55.6 Å². The van der Waals surface area contributed by atoms with Gasteiger partial charge < -0.3 is 10.0 Å². The van der Waals surface area contributed by atoms with Crippen molar-refractivity contribution in [3.05, 3.63) is 42.1 Å². The number of aromatic nitrogens is 1. The van der Waals surface area contributed by atoms with Gasteiger partial charge in [0.15, 0.2) is 0 Å². The van der Waals surface area contributed by atoms with Gasteiger partial charge in [-0.2, -0.15) is 0 Å². The number of aliphatic hydroxyl groups is 1. The number of fused-ring (bicyclic) bond motifs is 1. The number of hydrogen-bond donors (Lipinski definition) is 1. The van der Waals surface area contributed by atoms with Crippen molar-refractivity contribution in [1.82, 2.24) is 14.8 Å². The van der Waals surface area contributed by atoms with E-state index in [1.807, 2.05) is 23.1 Å². The van der Waals surface area contributed by atoms with Crippen LogP contribution in [-0.2, 0) is 11.2 Å². The molecule has 2 unspecified atom stereocenters. The summed E-state index contributed by atoms with van der Waals surface area (Å²) in [5, 5.41) is 11.8. The molecule has 5 heteroatoms. The van der Waals surface area contributed by atoms with Crippen molar-refractivity contribution in [2.45, 2.75) is 51.2 Å². The summed E-state index contributed by atoms with van der Waals surface area (Å²) in [5.74, 6) is 0.524. The van der Waals surface area contributed by atoms with Crippen molar-refractivity contribution >= 4 is 16.8 Å². The summed E-state index contributed by atoms with van der Waals surface area (Å²) in [6.07, 6.45) is 4.13. The molecule has 3 heterocycles. The van der Waals surface area contributed by atoms with Gasteiger partial charge in [-0.25, -0.2) is 0 Å². The Balaban J connectivity index is 1.34. The van der Waals surface area contributed by atoms with Crippen LogP contribution in [0.5, 0.6) is 0 Å². The number of para-hydroxylation sites is 1. The van der Waals surface area contributed by atoms with Gasteiger partial charge in [-0.1, -0.05) is 31.2 Å². The highest BCUT2D eigenvalue weighted by molar-refractivity contribution is 5.78. The number of hydrogen-bond acceptors (Lipinski definition) is 4. The van der Waals surface area contributed by atoms with Crippen LogP contribution in [0.3, 0.4) is 0 Å². The third kappa shape index (κ3) is 4.20. The molecule has 4 rings (SSSR count). The Hall–Kier alpha value is -1.98. The Kier molecular flexibility index (Phi) is 5.93. The average Bonchev–Trinajstić information content (AvgIpc) is 3.08. The fourth-order valence-corrected chi connectivity index (χ4v) is 4.73. The van der Waals surface area contributed by atoms with Crippen molar-refractivity contribution in [1.29, 1.82) is 0 Å². The van der Waals surface area contributed by atoms with Gasteiger partial charge >= 0.3 is 0 Å². The first-order valence-electron chi connectivity index (χ1n) is 10.7. The predicted octanol–water partition coefficient (Wildman–Crippen LogP) is 2.86. The topological polar surface area (TPSA) is 56.7 Å². The second-order valence-corrected chi connectivity index (χ2v) is 8.34. The largest absolute Gasteiger partial charge is 0.391 e. The first kappa shape index (κ1) is 19.3. The van der Waals surface area contributed by atoms with E-state index in [1.54, 1.807) is 0 Å². The smallest absolute Gasteiger partial charge is 0.222 e. The van der Waals surface area contributed by atoms with E-state index in [-0.39, 0.29) is 12.0 Å². The van der Waals surface area contributed by atoms with Crippen LogP contribution < -0.4 is 0 Å². The number of aliphatic hydroxyl groups excluding tert-OH is 1. The molecule has 2 aliphatic rings. The molecule has 2 fully saturated rings. The second kappa shape index (κ2) is 8.58. The van der Waals surface area contributed by atoms with E-state index in [1.165, 1.54) is 0 Å². The number of piperidine rings is 1. The number of nitrogens with zero attached hydrogens (tertiary/aromatic N) is 3. The maximum Gasteiger partial charge on any atom is 0.222 e. The molecule has 1 N–H and O–H groups in total. The first-order chi connectivity index (χ1) is 13.6. The maximum absolute atomic E-state index is 12.1. The number of carbonyl (C=O) groups excluding carboxylic acids is 1. The minimum Gasteiger partial charge on any atom is -0.391 e. The normalized spacial score (nSPS) is 24.1. The minimum atomic E-state index is -0.298. The van der Waals surface area contributed by atoms with Gasteiger partial charge in [-0.3, -0.25) is 14.7 Å². The molecule has 150 valence electrons. The summed E-state index contributed by atoms with van der Waals surface area (Å²) >= 11 is 0. The number of rotatable bonds is 5. The Morgan fingerprint density at radius 2 is 1.93 bits per heavy atom. The molecule has 2 aromatic rings. The molecule has 2 saturated heterocycles. The maximum atomic E-state index is 12.1. The molecule has 0 saturated carbocycles. The lowest BCUT2D eigenvalue weighted by Gasteiger charge is -2.36. The van der Waals surface area contributed by atoms with Crippen LogP contribution in [0, 0.1) is 5.92 Å². The van der Waals surface area contributed by atoms with Crippen molar-refractivity contribution in [3.8, 4) is 0 Å². The molecule has 0 aliphatic carbocycles. The van der Waals surface area contributed by atoms with Gasteiger partial charge in [0.1, 0.15) is 0 Å². The molecule has 2 aliphatic heterocycles. The molecular formula is C23H31N3O2. The molecule has 1 aromatic carbocycles. The van der Waals surface area contributed by atoms with Crippen LogP contribution in [0.15, 0.2) is 36.4 Å². The molecule has 1 amide bonds. The molecule has 5 nitrogen and oxygen atoms in total. The van der Waals surface area contributed by atoms with E-state index >= 15 is 0 Å². The van der Waals surface area contributed by atoms with Crippen molar-refractivity contribution < 1.29 is 9.90 Å². The molecule has 1 aromatic heterocycles. The summed E-state index contributed by atoms with van der Waals surface area (Å²) in [7, 11) is 0. The number of β-amino-alcohol motifs (C(OH)–C–C–N with tert-alkyl or cyclic N) is 1. The monoisotopic (exact) mass is 381 g/mol. The lowest BCUT2D eigenvalue weighted by Crippen LogP contribution is -2.46. The van der Waals surface area contributed by atoms with Crippen LogP contribution in [0.1, 0.15) is 38.3 Å². The molecule has 0 radical (unpaired) electrons. The third-order valence-electron chi connectivity index (χ3n) is 6.36. The first-order valence-corrected chi connectivity index (χ1v) is 10.7. The van der Waals surface area contributed by atoms with Crippen LogP contribution >= 0.6 is 0 Å². The number of likely N-dealkylation sites (tertiary alicyclic amines) is 2. The fourth-order valence-electron chi connectivity index (χ4n) is 4.73. The Bertz CT molecular complexity index is 816. The highest BCUT2D eigenvalue weighted by atomic mass is 16.3. The predicted molar refractivity (Wildman–Crippen MR) is 111 cm³/mol. The van der Waals surface area contributed by atoms with Crippen LogP contribution in [-0.4, -0.2) is 64.1 Å². The highest BCUT2D eigenvalue weighted by Gasteiger charge is 2.36. The number of carbonyl (C=O) groups is 1. The lowest BCUT2D eigenvalue weighted by molar-refractivity contribution is -0.132. The average molecular weight is 382 g/mol. The van der Waals surface area contributed by atoms with Crippen LogP contribution in [0.2, 0.25) is 0 Å². The molecular weight excluding hydrogens is 350 g/mol. The molecule has 28 heavy (non-hydrogen) atoms. The molecule has 2 atom stereocenters. The zero-order valence-corrected chi connectivity index (χ0v) is 16.8. The SMILES string of the molecule is CCCC(=O)N1CCC(N2CC(O)C(Cc3ccc4ccccc4n3)C2)CC1. The van der Waals surface area contributed by atoms with E-state index in [2.05, 4.69) is 30.0 Å². The minimum absolute atomic E-state index is 0.230. The Morgan fingerprint density at radius 1 is 1.14 bits per heavy atom. The lowest BCUT2D eigenvalue weighted by atomic mass is 9.99. The standard InChI is InChI=1S/C23H31N3O2/c1-2-5-23(28)25-12-10-20(11-13-25)26-15-18(22(27)16-26)14-19-9-8-17-6-3-4-7-21(17)24-19/h3-4,6-9,18,20,22,27H,2,5,10-16H2,1H3. The van der Waals surface area contributed by atoms with E-state index in [0.29, 0.717) is 18.4 Å². The van der Waals surface area contributed by atoms with Crippen LogP contribution in [0.25, 0.3) is 10.9 Å². The van der Waals surface area contributed by atoms with Crippen molar-refractivity contribution in [2.75, 3.05) is 26.2 Å². The number of pyridine rings is 1. The quantitative estimate of drug-likeness (QED) is 0.865. The summed E-state index contributed by atoms with van der Waals surface area (Å²) in [5.41, 5.74) is 2.08. The summed E-state index contributed by atoms with van der Waals surface area (Å²) in [6.45, 7) is 5.43. The Labute approximate surface area is 167 Å². The Morgan fingerprint density at radius 3 is 2.71 bits per heavy atom. The van der Waals surface area contributed by atoms with Crippen LogP contribution in [0.4, 0.5) is 0 Å². The zero-order valence-electron chi connectivity index (χ0n) is 16.8. The van der Waals surface area contributed by atoms with Gasteiger partial charge in [0.25, 0.3) is 0 Å². The van der Waals surface area contributed by atoms with E-state index in [4.69, 9.17) is 4.98 Å². The molecule has 0 bridgehead atoms. The highest BCUT2D eigenvalue weighted by Crippen LogP contribution is 2.27. The summed E-state index contributed by atoms with van der Waals surface area (Å²) < 4.78 is 0. The fraction of sp³-hybridized carbons (Fsp3) is 0.565. The number of benzene rings is 1. The molecule has 0 spiro atoms. The number of amides is 1. The van der Waals surface area contributed by atoms with Gasteiger partial charge in [-0.05, 0) is 37.8 Å². The van der Waals surface area contributed by atoms with Gasteiger partial charge in [-0.15, -0.1) is 0 Å². The zero-order chi connectivity index (χ0) is 19.5. The second-order valence-electron chi connectivity index (χ2n) is 8.34. The van der Waals surface area contributed by atoms with Crippen molar-refractivity contribution in [3.63, 3.8) is 0 Å². The van der Waals surface area contributed by atoms with E-state index < -0.39 is 0 Å². The van der Waals surface area contributed by atoms with Crippen molar-refractivity contribution in [2.24, 2.45) is 5.92 Å². The van der Waals surface area contributed by atoms with E-state index in [0.717, 1.165) is 68.5 Å². The van der Waals surface area contributed by atoms with E-state index in [9.17, 15) is 9.90 Å². The van der Waals surface area contributed by atoms with Gasteiger partial charge in [0.05, 0.1) is 11.6 Å². The summed E-state index contributed by atoms with van der Waals surface area (Å²) in [6, 6.07) is 12.9. The van der Waals surface area contributed by atoms with Gasteiger partial charge in [0.2, 0.25) is 5.91 Å².